The molecule has 1 aliphatic rings. The number of rotatable bonds is 4. The number of carbonyl (C=O) groups excluding carboxylic acids is 1. The van der Waals surface area contributed by atoms with Crippen LogP contribution in [0, 0.1) is 0 Å². The second-order valence-corrected chi connectivity index (χ2v) is 7.39. The molecule has 0 aliphatic carbocycles. The molecule has 1 aliphatic heterocycles. The lowest BCUT2D eigenvalue weighted by Crippen LogP contribution is -2.51. The van der Waals surface area contributed by atoms with Gasteiger partial charge in [-0.25, -0.2) is 4.79 Å². The van der Waals surface area contributed by atoms with Crippen LogP contribution in [-0.2, 0) is 14.1 Å². The van der Waals surface area contributed by atoms with Gasteiger partial charge in [-0.05, 0) is 18.2 Å². The number of para-hydroxylation sites is 1. The van der Waals surface area contributed by atoms with Gasteiger partial charge in [0, 0.05) is 51.9 Å². The number of amides is 1. The summed E-state index contributed by atoms with van der Waals surface area (Å²) in [4.78, 5) is 40.8. The van der Waals surface area contributed by atoms with Gasteiger partial charge in [-0.1, -0.05) is 12.1 Å². The molecule has 0 bridgehead atoms. The van der Waals surface area contributed by atoms with Gasteiger partial charge in [0.15, 0.2) is 0 Å². The predicted octanol–water partition coefficient (Wildman–Crippen LogP) is 0.445. The zero-order valence-corrected chi connectivity index (χ0v) is 17.7. The highest BCUT2D eigenvalue weighted by Gasteiger charge is 2.25. The number of aromatic nitrogens is 4. The van der Waals surface area contributed by atoms with Crippen LogP contribution in [0.1, 0.15) is 10.5 Å². The smallest absolute Gasteiger partial charge is 0.332 e. The molecule has 10 nitrogen and oxygen atoms in total. The molecule has 0 saturated carbocycles. The molecule has 0 radical (unpaired) electrons. The summed E-state index contributed by atoms with van der Waals surface area (Å²) < 4.78 is 7.89. The number of carbonyl (C=O) groups is 1. The van der Waals surface area contributed by atoms with Crippen LogP contribution in [0.2, 0.25) is 0 Å². The van der Waals surface area contributed by atoms with E-state index in [1.54, 1.807) is 25.1 Å². The van der Waals surface area contributed by atoms with Gasteiger partial charge in [0.1, 0.15) is 17.3 Å². The first kappa shape index (κ1) is 20.5. The standard InChI is InChI=1S/C21H24N6O4/c1-24-18(13-19(28)25(2)21(24)30)26-8-10-27(11-9-26)20(29)16-12-15(22-23-16)14-6-4-5-7-17(14)31-3/h4-7,12-13H,8-11H2,1-3H3,(H,22,23). The van der Waals surface area contributed by atoms with E-state index in [0.29, 0.717) is 49.1 Å². The lowest BCUT2D eigenvalue weighted by Gasteiger charge is -2.36. The largest absolute Gasteiger partial charge is 0.496 e. The van der Waals surface area contributed by atoms with Crippen molar-refractivity contribution in [3.05, 3.63) is 62.9 Å². The fraction of sp³-hybridized carbons (Fsp3) is 0.333. The minimum Gasteiger partial charge on any atom is -0.496 e. The molecule has 1 fully saturated rings. The van der Waals surface area contributed by atoms with Crippen LogP contribution in [0.3, 0.4) is 0 Å². The van der Waals surface area contributed by atoms with Crippen molar-refractivity contribution in [3.8, 4) is 17.0 Å². The van der Waals surface area contributed by atoms with Crippen molar-refractivity contribution >= 4 is 11.7 Å². The number of ether oxygens (including phenoxy) is 1. The number of benzene rings is 1. The lowest BCUT2D eigenvalue weighted by molar-refractivity contribution is 0.0740. The zero-order valence-electron chi connectivity index (χ0n) is 17.7. The Bertz CT molecular complexity index is 1230. The van der Waals surface area contributed by atoms with E-state index < -0.39 is 0 Å². The predicted molar refractivity (Wildman–Crippen MR) is 116 cm³/mol. The molecule has 0 unspecified atom stereocenters. The third kappa shape index (κ3) is 3.72. The van der Waals surface area contributed by atoms with Crippen LogP contribution >= 0.6 is 0 Å². The van der Waals surface area contributed by atoms with E-state index in [9.17, 15) is 14.4 Å². The van der Waals surface area contributed by atoms with Crippen LogP contribution in [0.15, 0.2) is 46.0 Å². The first-order chi connectivity index (χ1) is 14.9. The Hall–Kier alpha value is -3.82. The number of hydrogen-bond acceptors (Lipinski definition) is 6. The van der Waals surface area contributed by atoms with Gasteiger partial charge in [-0.2, -0.15) is 5.10 Å². The Kier molecular flexibility index (Phi) is 5.37. The van der Waals surface area contributed by atoms with Gasteiger partial charge < -0.3 is 14.5 Å². The van der Waals surface area contributed by atoms with Gasteiger partial charge in [0.05, 0.1) is 12.8 Å². The summed E-state index contributed by atoms with van der Waals surface area (Å²) in [6, 6.07) is 10.7. The number of hydrogen-bond donors (Lipinski definition) is 1. The molecule has 4 rings (SSSR count). The summed E-state index contributed by atoms with van der Waals surface area (Å²) >= 11 is 0. The normalized spacial score (nSPS) is 14.0. The summed E-state index contributed by atoms with van der Waals surface area (Å²) in [5.74, 6) is 1.09. The van der Waals surface area contributed by atoms with Gasteiger partial charge in [-0.3, -0.25) is 23.8 Å². The highest BCUT2D eigenvalue weighted by Crippen LogP contribution is 2.28. The molecule has 2 aromatic heterocycles. The summed E-state index contributed by atoms with van der Waals surface area (Å²) in [5.41, 5.74) is 1.11. The first-order valence-electron chi connectivity index (χ1n) is 9.90. The number of H-pyrrole nitrogens is 1. The maximum absolute atomic E-state index is 13.0. The first-order valence-corrected chi connectivity index (χ1v) is 9.90. The van der Waals surface area contributed by atoms with Gasteiger partial charge in [-0.15, -0.1) is 0 Å². The molecule has 31 heavy (non-hydrogen) atoms. The Morgan fingerprint density at radius 2 is 1.74 bits per heavy atom. The van der Waals surface area contributed by atoms with Crippen LogP contribution in [-0.4, -0.2) is 63.4 Å². The molecule has 1 aromatic carbocycles. The van der Waals surface area contributed by atoms with Crippen LogP contribution in [0.25, 0.3) is 11.3 Å². The van der Waals surface area contributed by atoms with E-state index in [-0.39, 0.29) is 17.2 Å². The summed E-state index contributed by atoms with van der Waals surface area (Å²) in [6.45, 7) is 1.95. The van der Waals surface area contributed by atoms with Gasteiger partial charge in [0.25, 0.3) is 11.5 Å². The van der Waals surface area contributed by atoms with E-state index >= 15 is 0 Å². The molecule has 1 N–H and O–H groups in total. The number of aromatic amines is 1. The highest BCUT2D eigenvalue weighted by molar-refractivity contribution is 5.93. The topological polar surface area (TPSA) is 105 Å². The third-order valence-corrected chi connectivity index (χ3v) is 5.58. The minimum absolute atomic E-state index is 0.147. The summed E-state index contributed by atoms with van der Waals surface area (Å²) in [5, 5.41) is 7.10. The Morgan fingerprint density at radius 3 is 2.45 bits per heavy atom. The van der Waals surface area contributed by atoms with Crippen molar-refractivity contribution in [2.24, 2.45) is 14.1 Å². The number of anilines is 1. The van der Waals surface area contributed by atoms with Crippen LogP contribution < -0.4 is 20.9 Å². The molecular formula is C21H24N6O4. The van der Waals surface area contributed by atoms with E-state index in [1.165, 1.54) is 17.7 Å². The van der Waals surface area contributed by atoms with Crippen molar-refractivity contribution in [3.63, 3.8) is 0 Å². The molecule has 0 atom stereocenters. The monoisotopic (exact) mass is 424 g/mol. The molecule has 10 heteroatoms. The van der Waals surface area contributed by atoms with E-state index in [4.69, 9.17) is 4.74 Å². The average Bonchev–Trinajstić information content (AvgIpc) is 3.30. The van der Waals surface area contributed by atoms with Crippen molar-refractivity contribution in [2.45, 2.75) is 0 Å². The minimum atomic E-state index is -0.373. The SMILES string of the molecule is COc1ccccc1-c1cc(C(=O)N2CCN(c3cc(=O)n(C)c(=O)n3C)CC2)[nH]n1. The number of piperazine rings is 1. The fourth-order valence-corrected chi connectivity index (χ4v) is 3.76. The Morgan fingerprint density at radius 1 is 1.03 bits per heavy atom. The van der Waals surface area contributed by atoms with Crippen molar-refractivity contribution in [1.29, 1.82) is 0 Å². The summed E-state index contributed by atoms with van der Waals surface area (Å²) in [6.07, 6.45) is 0. The van der Waals surface area contributed by atoms with Crippen molar-refractivity contribution in [1.82, 2.24) is 24.2 Å². The van der Waals surface area contributed by atoms with Gasteiger partial charge in [0.2, 0.25) is 0 Å². The van der Waals surface area contributed by atoms with Crippen LogP contribution in [0.5, 0.6) is 5.75 Å². The second-order valence-electron chi connectivity index (χ2n) is 7.39. The average molecular weight is 424 g/mol. The zero-order chi connectivity index (χ0) is 22.1. The Balaban J connectivity index is 1.48. The van der Waals surface area contributed by atoms with E-state index in [2.05, 4.69) is 10.2 Å². The maximum Gasteiger partial charge on any atom is 0.332 e. The molecule has 1 saturated heterocycles. The molecule has 162 valence electrons. The number of nitrogens with one attached hydrogen (secondary N) is 1. The fourth-order valence-electron chi connectivity index (χ4n) is 3.76. The second kappa shape index (κ2) is 8.13. The molecule has 3 aromatic rings. The molecule has 0 spiro atoms. The van der Waals surface area contributed by atoms with Crippen molar-refractivity contribution < 1.29 is 9.53 Å². The lowest BCUT2D eigenvalue weighted by atomic mass is 10.1. The summed E-state index contributed by atoms with van der Waals surface area (Å²) in [7, 11) is 4.68. The Labute approximate surface area is 178 Å². The maximum atomic E-state index is 13.0. The quantitative estimate of drug-likeness (QED) is 0.652. The van der Waals surface area contributed by atoms with Crippen molar-refractivity contribution in [2.75, 3.05) is 38.2 Å². The van der Waals surface area contributed by atoms with Gasteiger partial charge >= 0.3 is 5.69 Å². The number of nitrogens with zero attached hydrogens (tertiary/aromatic N) is 5. The highest BCUT2D eigenvalue weighted by atomic mass is 16.5. The van der Waals surface area contributed by atoms with E-state index in [1.807, 2.05) is 29.2 Å². The molecule has 3 heterocycles. The molecular weight excluding hydrogens is 400 g/mol. The number of methoxy groups -OCH3 is 1. The van der Waals surface area contributed by atoms with E-state index in [0.717, 1.165) is 10.1 Å². The van der Waals surface area contributed by atoms with Crippen LogP contribution in [0.4, 0.5) is 5.82 Å². The third-order valence-electron chi connectivity index (χ3n) is 5.58. The molecule has 1 amide bonds.